The molecule has 3 aromatic heterocycles. The minimum atomic E-state index is -4.77. The normalized spacial score (nSPS) is 13.1. The van der Waals surface area contributed by atoms with E-state index in [0.717, 1.165) is 6.20 Å². The average molecular weight is 518 g/mol. The number of pyridine rings is 2. The predicted molar refractivity (Wildman–Crippen MR) is 124 cm³/mol. The summed E-state index contributed by atoms with van der Waals surface area (Å²) in [5, 5.41) is 10.3. The summed E-state index contributed by atoms with van der Waals surface area (Å²) in [6, 6.07) is 8.85. The Hall–Kier alpha value is -3.82. The van der Waals surface area contributed by atoms with Gasteiger partial charge in [0.15, 0.2) is 0 Å². The minimum absolute atomic E-state index is 0.0876. The maximum Gasteiger partial charge on any atom is 0.404 e. The second kappa shape index (κ2) is 9.00. The highest BCUT2D eigenvalue weighted by atomic mass is 32.2. The molecule has 1 unspecified atom stereocenters. The van der Waals surface area contributed by atoms with E-state index in [2.05, 4.69) is 16.0 Å². The van der Waals surface area contributed by atoms with Crippen molar-refractivity contribution >= 4 is 20.9 Å². The highest BCUT2D eigenvalue weighted by molar-refractivity contribution is 7.89. The Labute approximate surface area is 204 Å². The standard InChI is InChI=1S/C24H19F4N5O2S/c1-13-9-20-17(10-19(13)25)18(11-29)23(33(20)21-6-4-5-7-30-21)22-14(2)8-16(12-31-22)36(34,35)32-15(3)24(26,27)28/h4-10,12,15,32H,1-3H3. The van der Waals surface area contributed by atoms with Crippen LogP contribution in [0.15, 0.2) is 53.7 Å². The first-order valence-electron chi connectivity index (χ1n) is 10.6. The second-order valence-corrected chi connectivity index (χ2v) is 9.91. The molecule has 4 rings (SSSR count). The van der Waals surface area contributed by atoms with Crippen LogP contribution in [0.4, 0.5) is 17.6 Å². The molecule has 4 aromatic rings. The molecule has 3 heterocycles. The Balaban J connectivity index is 1.96. The van der Waals surface area contributed by atoms with Gasteiger partial charge in [-0.25, -0.2) is 17.8 Å². The molecule has 0 amide bonds. The number of halogens is 4. The van der Waals surface area contributed by atoms with E-state index < -0.39 is 33.0 Å². The maximum atomic E-state index is 14.5. The molecule has 0 bridgehead atoms. The summed E-state index contributed by atoms with van der Waals surface area (Å²) in [7, 11) is -4.54. The number of sulfonamides is 1. The topological polar surface area (TPSA) is 101 Å². The smallest absolute Gasteiger partial charge is 0.291 e. The van der Waals surface area contributed by atoms with E-state index in [9.17, 15) is 31.2 Å². The van der Waals surface area contributed by atoms with E-state index in [-0.39, 0.29) is 22.5 Å². The fourth-order valence-corrected chi connectivity index (χ4v) is 5.04. The molecule has 1 aromatic carbocycles. The maximum absolute atomic E-state index is 14.5. The summed E-state index contributed by atoms with van der Waals surface area (Å²) in [5.41, 5.74) is 1.61. The van der Waals surface area contributed by atoms with Crippen LogP contribution in [-0.2, 0) is 10.0 Å². The quantitative estimate of drug-likeness (QED) is 0.378. The van der Waals surface area contributed by atoms with Crippen LogP contribution in [0.5, 0.6) is 0 Å². The van der Waals surface area contributed by atoms with Crippen LogP contribution in [0.2, 0.25) is 0 Å². The van der Waals surface area contributed by atoms with Gasteiger partial charge in [0.25, 0.3) is 0 Å². The van der Waals surface area contributed by atoms with E-state index in [1.165, 1.54) is 25.3 Å². The van der Waals surface area contributed by atoms with Gasteiger partial charge >= 0.3 is 6.18 Å². The molecule has 0 fully saturated rings. The minimum Gasteiger partial charge on any atom is -0.291 e. The monoisotopic (exact) mass is 517 g/mol. The molecular formula is C24H19F4N5O2S. The van der Waals surface area contributed by atoms with Gasteiger partial charge in [0.2, 0.25) is 10.0 Å². The number of nitrogens with zero attached hydrogens (tertiary/aromatic N) is 4. The van der Waals surface area contributed by atoms with Crippen LogP contribution < -0.4 is 4.72 Å². The van der Waals surface area contributed by atoms with Crippen LogP contribution in [0.25, 0.3) is 28.1 Å². The van der Waals surface area contributed by atoms with Crippen molar-refractivity contribution in [2.45, 2.75) is 37.9 Å². The fraction of sp³-hybridized carbons (Fsp3) is 0.208. The molecule has 1 atom stereocenters. The zero-order valence-corrected chi connectivity index (χ0v) is 20.0. The third-order valence-corrected chi connectivity index (χ3v) is 7.16. The van der Waals surface area contributed by atoms with Crippen molar-refractivity contribution in [2.24, 2.45) is 0 Å². The number of benzene rings is 1. The lowest BCUT2D eigenvalue weighted by Gasteiger charge is -2.18. The van der Waals surface area contributed by atoms with Gasteiger partial charge in [-0.15, -0.1) is 0 Å². The first kappa shape index (κ1) is 25.3. The molecular weight excluding hydrogens is 498 g/mol. The molecule has 36 heavy (non-hydrogen) atoms. The summed E-state index contributed by atoms with van der Waals surface area (Å²) in [4.78, 5) is 8.10. The highest BCUT2D eigenvalue weighted by Gasteiger charge is 2.39. The Kier molecular flexibility index (Phi) is 6.32. The van der Waals surface area contributed by atoms with Crippen molar-refractivity contribution in [3.8, 4) is 23.3 Å². The van der Waals surface area contributed by atoms with Gasteiger partial charge in [0.1, 0.15) is 28.6 Å². The van der Waals surface area contributed by atoms with Crippen LogP contribution in [0.3, 0.4) is 0 Å². The van der Waals surface area contributed by atoms with Gasteiger partial charge in [0, 0.05) is 17.8 Å². The molecule has 12 heteroatoms. The SMILES string of the molecule is Cc1cc2c(cc1F)c(C#N)c(-c1ncc(S(=O)(=O)NC(C)C(F)(F)F)cc1C)n2-c1ccccn1. The Morgan fingerprint density at radius 2 is 1.83 bits per heavy atom. The molecule has 0 radical (unpaired) electrons. The fourth-order valence-electron chi connectivity index (χ4n) is 3.78. The third kappa shape index (κ3) is 4.43. The summed E-state index contributed by atoms with van der Waals surface area (Å²) in [6.45, 7) is 3.79. The zero-order valence-electron chi connectivity index (χ0n) is 19.2. The van der Waals surface area contributed by atoms with Gasteiger partial charge in [-0.1, -0.05) is 6.07 Å². The van der Waals surface area contributed by atoms with E-state index in [4.69, 9.17) is 0 Å². The molecule has 0 saturated carbocycles. The van der Waals surface area contributed by atoms with Crippen molar-refractivity contribution in [3.05, 3.63) is 71.3 Å². The lowest BCUT2D eigenvalue weighted by molar-refractivity contribution is -0.147. The number of nitriles is 1. The zero-order chi connectivity index (χ0) is 26.4. The lowest BCUT2D eigenvalue weighted by atomic mass is 10.1. The molecule has 7 nitrogen and oxygen atoms in total. The van der Waals surface area contributed by atoms with Crippen molar-refractivity contribution in [1.82, 2.24) is 19.3 Å². The summed E-state index contributed by atoms with van der Waals surface area (Å²) >= 11 is 0. The van der Waals surface area contributed by atoms with E-state index in [1.807, 2.05) is 0 Å². The van der Waals surface area contributed by atoms with Crippen molar-refractivity contribution in [3.63, 3.8) is 0 Å². The summed E-state index contributed by atoms with van der Waals surface area (Å²) in [6.07, 6.45) is -2.31. The Morgan fingerprint density at radius 3 is 2.42 bits per heavy atom. The van der Waals surface area contributed by atoms with Gasteiger partial charge in [-0.05, 0) is 62.2 Å². The number of hydrogen-bond acceptors (Lipinski definition) is 5. The molecule has 0 aliphatic carbocycles. The van der Waals surface area contributed by atoms with E-state index in [1.54, 1.807) is 40.5 Å². The van der Waals surface area contributed by atoms with Gasteiger partial charge in [0.05, 0.1) is 22.5 Å². The number of nitrogens with one attached hydrogen (secondary N) is 1. The first-order chi connectivity index (χ1) is 16.8. The molecule has 1 N–H and O–H groups in total. The van der Waals surface area contributed by atoms with Gasteiger partial charge in [-0.3, -0.25) is 9.55 Å². The van der Waals surface area contributed by atoms with Gasteiger partial charge < -0.3 is 0 Å². The van der Waals surface area contributed by atoms with Crippen LogP contribution in [0.1, 0.15) is 23.6 Å². The second-order valence-electron chi connectivity index (χ2n) is 8.20. The number of fused-ring (bicyclic) bond motifs is 1. The number of hydrogen-bond donors (Lipinski definition) is 1. The van der Waals surface area contributed by atoms with E-state index >= 15 is 0 Å². The van der Waals surface area contributed by atoms with Crippen LogP contribution in [-0.4, -0.2) is 35.2 Å². The molecule has 0 aliphatic rings. The lowest BCUT2D eigenvalue weighted by Crippen LogP contribution is -2.43. The van der Waals surface area contributed by atoms with Crippen LogP contribution >= 0.6 is 0 Å². The van der Waals surface area contributed by atoms with Gasteiger partial charge in [-0.2, -0.15) is 23.2 Å². The van der Waals surface area contributed by atoms with Crippen molar-refractivity contribution in [2.75, 3.05) is 0 Å². The first-order valence-corrected chi connectivity index (χ1v) is 12.1. The molecule has 186 valence electrons. The Morgan fingerprint density at radius 1 is 1.11 bits per heavy atom. The molecule has 0 saturated heterocycles. The third-order valence-electron chi connectivity index (χ3n) is 5.65. The predicted octanol–water partition coefficient (Wildman–Crippen LogP) is 4.94. The number of alkyl halides is 3. The number of aromatic nitrogens is 3. The highest BCUT2D eigenvalue weighted by Crippen LogP contribution is 2.37. The van der Waals surface area contributed by atoms with E-state index in [0.29, 0.717) is 29.2 Å². The molecule has 0 spiro atoms. The van der Waals surface area contributed by atoms with Crippen molar-refractivity contribution < 1.29 is 26.0 Å². The largest absolute Gasteiger partial charge is 0.404 e. The van der Waals surface area contributed by atoms with Crippen LogP contribution in [0, 0.1) is 31.0 Å². The number of rotatable bonds is 5. The average Bonchev–Trinajstić information content (AvgIpc) is 3.11. The van der Waals surface area contributed by atoms with Crippen molar-refractivity contribution in [1.29, 1.82) is 5.26 Å². The summed E-state index contributed by atoms with van der Waals surface area (Å²) in [5.74, 6) is -0.108. The summed E-state index contributed by atoms with van der Waals surface area (Å²) < 4.78 is 81.5. The Bertz CT molecular complexity index is 1620. The number of aryl methyl sites for hydroxylation is 2. The molecule has 0 aliphatic heterocycles.